The number of allylic oxidation sites excluding steroid dienone is 7. The zero-order valence-electron chi connectivity index (χ0n) is 61.2. The number of anilines is 1. The molecule has 4 aromatic rings. The van der Waals surface area contributed by atoms with E-state index in [0.29, 0.717) is 61.4 Å². The van der Waals surface area contributed by atoms with Crippen molar-refractivity contribution < 1.29 is 127 Å². The molecule has 3 aliphatic rings. The number of ketones is 2. The van der Waals surface area contributed by atoms with Gasteiger partial charge in [-0.3, -0.25) is 33.1 Å². The topological polar surface area (TPSA) is 526 Å². The van der Waals surface area contributed by atoms with Gasteiger partial charge in [0.25, 0.3) is 20.2 Å². The monoisotopic (exact) mass is 1640 g/mol. The standard InChI is InChI=1S/C72H90N6O19S3.CO2.2O3S/c1-71(2)56-24-9-11-26-60(56)77(41-14-16-43-98(88,89)90)63(71)37-31-51-21-18-22-52(32-38-64-72(3,4)57-25-10-12-27-61(57)78(64)42-15-17-44-99(91,92)93)67(51)97-55-34-29-50(30-35-55)45-53(68(83)84)47-62(80)59(46-49-19-6-5-7-20-49)75-66(82)28-13-8-23-54(79)33-36-58(69(85)86)76-70(87)73-40-39-65(81)74-48-100(94,95)96;2-1-3;2*1-4(2)3/h5-7,9-12,19-20,24-27,29-32,34-35,37-38,53,58-59H,8,13-18,21-23,28,33,36,39-48H2,1-4H3,(H8-,73,74,75,76,81,82,83,84,85,86,87,88,89,90,91,92,93,94,95,96);;;/t53-,58+,59+;;;/m1.../s1. The second-order valence-corrected chi connectivity index (χ2v) is 32.2. The average molecular weight is 1640 g/mol. The van der Waals surface area contributed by atoms with E-state index in [1.165, 1.54) is 0 Å². The summed E-state index contributed by atoms with van der Waals surface area (Å²) in [6.45, 7) is 9.18. The van der Waals surface area contributed by atoms with Crippen molar-refractivity contribution in [2.24, 2.45) is 5.92 Å². The van der Waals surface area contributed by atoms with Crippen LogP contribution < -0.4 is 30.9 Å². The quantitative estimate of drug-likeness (QED) is 0.0142. The predicted molar refractivity (Wildman–Crippen MR) is 400 cm³/mol. The van der Waals surface area contributed by atoms with Crippen LogP contribution in [0.2, 0.25) is 0 Å². The van der Waals surface area contributed by atoms with Gasteiger partial charge < -0.3 is 45.7 Å². The van der Waals surface area contributed by atoms with Crippen molar-refractivity contribution in [1.82, 2.24) is 21.3 Å². The van der Waals surface area contributed by atoms with Crippen molar-refractivity contribution in [2.75, 3.05) is 41.9 Å². The Balaban J connectivity index is 0.00000221. The Labute approximate surface area is 646 Å². The van der Waals surface area contributed by atoms with Crippen LogP contribution in [0.25, 0.3) is 0 Å². The lowest BCUT2D eigenvalue weighted by Gasteiger charge is -2.28. The minimum Gasteiger partial charge on any atom is -0.748 e. The van der Waals surface area contributed by atoms with Crippen LogP contribution in [0.5, 0.6) is 5.75 Å². The zero-order chi connectivity index (χ0) is 82.9. The van der Waals surface area contributed by atoms with E-state index >= 15 is 0 Å². The first kappa shape index (κ1) is 93.3. The minimum absolute atomic E-state index is 0.0276. The maximum absolute atomic E-state index is 14.3. The van der Waals surface area contributed by atoms with E-state index in [9.17, 15) is 78.1 Å². The van der Waals surface area contributed by atoms with E-state index in [4.69, 9.17) is 44.1 Å². The van der Waals surface area contributed by atoms with E-state index < -0.39 is 134 Å². The third kappa shape index (κ3) is 33.2. The maximum atomic E-state index is 14.3. The summed E-state index contributed by atoms with van der Waals surface area (Å²) >= 11 is 0. The molecule has 8 N–H and O–H groups in total. The van der Waals surface area contributed by atoms with Crippen molar-refractivity contribution in [1.29, 1.82) is 0 Å². The molecule has 38 heteroatoms. The number of carboxylic acid groups (broad SMARTS) is 2. The molecule has 4 aromatic carbocycles. The van der Waals surface area contributed by atoms with E-state index in [1.54, 1.807) is 54.6 Å². The number of hydrogen-bond acceptors (Lipinski definition) is 24. The Morgan fingerprint density at radius 3 is 1.84 bits per heavy atom. The molecule has 0 saturated carbocycles. The second kappa shape index (κ2) is 44.7. The summed E-state index contributed by atoms with van der Waals surface area (Å²) in [4.78, 5) is 108. The van der Waals surface area contributed by atoms with Crippen LogP contribution in [0.4, 0.5) is 16.2 Å². The number of carbonyl (C=O) groups is 7. The molecular weight excluding hydrogens is 1550 g/mol. The number of nitrogens with zero attached hydrogens (tertiary/aromatic N) is 2. The molecule has 33 nitrogen and oxygen atoms in total. The van der Waals surface area contributed by atoms with Crippen molar-refractivity contribution in [3.8, 4) is 5.75 Å². The molecule has 0 unspecified atom stereocenters. The number of carboxylic acids is 2. The Morgan fingerprint density at radius 2 is 1.23 bits per heavy atom. The lowest BCUT2D eigenvalue weighted by molar-refractivity contribution is -0.438. The van der Waals surface area contributed by atoms with Crippen molar-refractivity contribution in [3.05, 3.63) is 172 Å². The number of nitrogens with one attached hydrogen (secondary N) is 4. The number of aliphatic carboxylic acids is 2. The Bertz CT molecular complexity index is 4750. The number of urea groups is 1. The molecule has 1 aliphatic carbocycles. The predicted octanol–water partition coefficient (Wildman–Crippen LogP) is 6.09. The molecule has 0 fully saturated rings. The third-order valence-electron chi connectivity index (χ3n) is 18.0. The van der Waals surface area contributed by atoms with E-state index in [2.05, 4.69) is 89.6 Å². The summed E-state index contributed by atoms with van der Waals surface area (Å²) in [6.07, 6.45) is 11.0. The molecule has 0 radical (unpaired) electrons. The molecule has 0 spiro atoms. The van der Waals surface area contributed by atoms with Gasteiger partial charge in [0.2, 0.25) is 17.5 Å². The van der Waals surface area contributed by atoms with Crippen LogP contribution in [0.3, 0.4) is 0 Å². The molecule has 2 heterocycles. The molecule has 0 saturated heterocycles. The third-order valence-corrected chi connectivity index (χ3v) is 20.1. The molecule has 604 valence electrons. The highest BCUT2D eigenvalue weighted by atomic mass is 32.2. The largest absolute Gasteiger partial charge is 0.748 e. The normalized spacial score (nSPS) is 15.6. The van der Waals surface area contributed by atoms with Gasteiger partial charge in [-0.25, -0.2) is 18.0 Å². The highest BCUT2D eigenvalue weighted by molar-refractivity contribution is 7.86. The van der Waals surface area contributed by atoms with Crippen LogP contribution in [0.15, 0.2) is 150 Å². The number of rotatable bonds is 39. The Morgan fingerprint density at radius 1 is 0.631 bits per heavy atom. The first-order valence-electron chi connectivity index (χ1n) is 34.8. The molecule has 2 aliphatic heterocycles. The maximum Gasteiger partial charge on any atom is 0.425 e. The van der Waals surface area contributed by atoms with Crippen LogP contribution >= 0.6 is 0 Å². The number of para-hydroxylation sites is 2. The van der Waals surface area contributed by atoms with Gasteiger partial charge in [-0.2, -0.15) is 31.0 Å². The number of carbonyl (C=O) groups excluding carboxylic acids is 7. The first-order chi connectivity index (χ1) is 52.1. The van der Waals surface area contributed by atoms with E-state index in [-0.39, 0.29) is 94.9 Å². The number of amides is 4. The summed E-state index contributed by atoms with van der Waals surface area (Å²) in [5, 5.41) is 29.4. The van der Waals surface area contributed by atoms with Gasteiger partial charge >= 0.3 is 45.3 Å². The second-order valence-electron chi connectivity index (χ2n) is 26.8. The molecule has 0 aromatic heterocycles. The molecule has 7 rings (SSSR count). The Kier molecular flexibility index (Phi) is 37.6. The van der Waals surface area contributed by atoms with Crippen molar-refractivity contribution >= 4 is 116 Å². The smallest absolute Gasteiger partial charge is 0.425 e. The number of ether oxygens (including phenoxy) is 1. The van der Waals surface area contributed by atoms with E-state index in [1.807, 2.05) is 41.7 Å². The fourth-order valence-electron chi connectivity index (χ4n) is 12.7. The SMILES string of the molecule is CC1(C)C(=CC=C2CCCC(C=CC3=[N+](CCCCS(=O)(=O)O)c4ccccc4C3(C)C)=C2Oc2ccc(C[C@H](CC(=O)[C@H](Cc3ccccc3)NC(=O)CCCCC(=O)CC[C@H](NC(=O)NCCC(=O)NCS(=O)(=O)O)C(=O)O)C(=O)O)cc2)N(CCCCS(=O)(=O)[O-])c2ccccc21.O=C=O.O=S(=O)=O.O=S(=O)=O. The molecule has 0 bridgehead atoms. The number of Topliss-reactive ketones (excluding diaryl/α,β-unsaturated/α-hetero) is 2. The van der Waals surface area contributed by atoms with Gasteiger partial charge in [0.05, 0.1) is 33.2 Å². The highest BCUT2D eigenvalue weighted by Gasteiger charge is 2.44. The van der Waals surface area contributed by atoms with Crippen molar-refractivity contribution in [3.63, 3.8) is 0 Å². The van der Waals surface area contributed by atoms with Crippen molar-refractivity contribution in [2.45, 2.75) is 160 Å². The first-order valence-corrected chi connectivity index (χ1v) is 41.6. The van der Waals surface area contributed by atoms with Gasteiger partial charge in [-0.15, -0.1) is 25.3 Å². The highest BCUT2D eigenvalue weighted by Crippen LogP contribution is 2.48. The van der Waals surface area contributed by atoms with Gasteiger partial charge in [0.15, 0.2) is 11.5 Å². The fourth-order valence-corrected chi connectivity index (χ4v) is 14.2. The van der Waals surface area contributed by atoms with Gasteiger partial charge in [0.1, 0.15) is 35.8 Å². The Hall–Kier alpha value is -10.0. The average Bonchev–Trinajstić information content (AvgIpc) is 1.60. The summed E-state index contributed by atoms with van der Waals surface area (Å²) in [7, 11) is -19.2. The van der Waals surface area contributed by atoms with Crippen LogP contribution in [-0.2, 0) is 114 Å². The van der Waals surface area contributed by atoms with Gasteiger partial charge in [0, 0.05) is 91.9 Å². The molecular formula is C73H90N6O27S5. The van der Waals surface area contributed by atoms with E-state index in [0.717, 1.165) is 51.5 Å². The van der Waals surface area contributed by atoms with Gasteiger partial charge in [-0.05, 0) is 143 Å². The number of benzene rings is 4. The summed E-state index contributed by atoms with van der Waals surface area (Å²) in [5.41, 5.74) is 8.21. The fraction of sp³-hybridized carbons (Fsp3) is 0.438. The molecule has 111 heavy (non-hydrogen) atoms. The molecule has 4 amide bonds. The summed E-state index contributed by atoms with van der Waals surface area (Å²) in [6, 6.07) is 28.4. The van der Waals surface area contributed by atoms with Gasteiger partial charge in [-0.1, -0.05) is 98.8 Å². The lowest BCUT2D eigenvalue weighted by atomic mass is 9.81. The minimum atomic E-state index is -4.46. The van der Waals surface area contributed by atoms with Crippen LogP contribution in [-0.4, -0.2) is 181 Å². The number of hydrogen-bond donors (Lipinski definition) is 8. The number of unbranched alkanes of at least 4 members (excludes halogenated alkanes) is 3. The summed E-state index contributed by atoms with van der Waals surface area (Å²) < 4.78 is 158. The molecule has 3 atom stereocenters. The summed E-state index contributed by atoms with van der Waals surface area (Å²) in [5.74, 6) is -6.85. The lowest BCUT2D eigenvalue weighted by Crippen LogP contribution is -2.46. The van der Waals surface area contributed by atoms with Crippen LogP contribution in [0, 0.1) is 5.92 Å². The van der Waals surface area contributed by atoms with Crippen LogP contribution in [0.1, 0.15) is 146 Å². The number of fused-ring (bicyclic) bond motifs is 2. The zero-order valence-corrected chi connectivity index (χ0v) is 65.3.